The maximum absolute atomic E-state index is 5.40. The van der Waals surface area contributed by atoms with Gasteiger partial charge < -0.3 is 20.3 Å². The second kappa shape index (κ2) is 11.7. The van der Waals surface area contributed by atoms with Gasteiger partial charge in [-0.05, 0) is 59.0 Å². The minimum absolute atomic E-state index is 0.651. The molecule has 6 heteroatoms. The van der Waals surface area contributed by atoms with E-state index < -0.39 is 0 Å². The molecule has 0 bridgehead atoms. The molecule has 1 atom stereocenters. The lowest BCUT2D eigenvalue weighted by Gasteiger charge is -2.34. The van der Waals surface area contributed by atoms with Crippen molar-refractivity contribution in [2.75, 3.05) is 65.6 Å². The van der Waals surface area contributed by atoms with Crippen molar-refractivity contribution in [3.05, 3.63) is 0 Å². The summed E-state index contributed by atoms with van der Waals surface area (Å²) in [6.45, 7) is 17.0. The zero-order valence-electron chi connectivity index (χ0n) is 16.6. The molecule has 0 aromatic rings. The highest BCUT2D eigenvalue weighted by Gasteiger charge is 2.21. The van der Waals surface area contributed by atoms with E-state index in [1.807, 2.05) is 0 Å². The van der Waals surface area contributed by atoms with Gasteiger partial charge in [-0.2, -0.15) is 0 Å². The minimum atomic E-state index is 0.651. The zero-order chi connectivity index (χ0) is 17.9. The Balaban J connectivity index is 1.68. The molecule has 0 spiro atoms. The Morgan fingerprint density at radius 3 is 2.72 bits per heavy atom. The SMILES string of the molecule is CCNC(=NCC1CCCN(C(C)C)C1)NCCCN1CCOCC1. The third kappa shape index (κ3) is 7.92. The van der Waals surface area contributed by atoms with Crippen molar-refractivity contribution in [2.45, 2.75) is 46.1 Å². The molecule has 0 saturated carbocycles. The van der Waals surface area contributed by atoms with Crippen molar-refractivity contribution in [2.24, 2.45) is 10.9 Å². The number of piperidine rings is 1. The quantitative estimate of drug-likeness (QED) is 0.392. The molecule has 2 fully saturated rings. The third-order valence-corrected chi connectivity index (χ3v) is 5.18. The van der Waals surface area contributed by atoms with E-state index in [1.165, 1.54) is 25.9 Å². The number of guanidine groups is 1. The molecule has 25 heavy (non-hydrogen) atoms. The molecule has 2 aliphatic heterocycles. The van der Waals surface area contributed by atoms with Crippen molar-refractivity contribution >= 4 is 5.96 Å². The summed E-state index contributed by atoms with van der Waals surface area (Å²) in [6, 6.07) is 0.651. The van der Waals surface area contributed by atoms with Gasteiger partial charge in [-0.25, -0.2) is 0 Å². The van der Waals surface area contributed by atoms with Crippen LogP contribution in [0.2, 0.25) is 0 Å². The van der Waals surface area contributed by atoms with Gasteiger partial charge in [-0.1, -0.05) is 0 Å². The van der Waals surface area contributed by atoms with Crippen LogP contribution in [0, 0.1) is 5.92 Å². The van der Waals surface area contributed by atoms with Crippen LogP contribution in [0.3, 0.4) is 0 Å². The topological polar surface area (TPSA) is 52.1 Å². The van der Waals surface area contributed by atoms with Gasteiger partial charge in [-0.15, -0.1) is 0 Å². The van der Waals surface area contributed by atoms with Crippen LogP contribution in [-0.2, 0) is 4.74 Å². The summed E-state index contributed by atoms with van der Waals surface area (Å²) >= 11 is 0. The summed E-state index contributed by atoms with van der Waals surface area (Å²) in [5.41, 5.74) is 0. The first-order chi connectivity index (χ1) is 12.2. The fourth-order valence-corrected chi connectivity index (χ4v) is 3.61. The lowest BCUT2D eigenvalue weighted by Crippen LogP contribution is -2.42. The molecule has 2 heterocycles. The first-order valence-corrected chi connectivity index (χ1v) is 10.3. The van der Waals surface area contributed by atoms with Gasteiger partial charge in [0.1, 0.15) is 0 Å². The molecule has 6 nitrogen and oxygen atoms in total. The zero-order valence-corrected chi connectivity index (χ0v) is 16.6. The van der Waals surface area contributed by atoms with E-state index in [-0.39, 0.29) is 0 Å². The van der Waals surface area contributed by atoms with Gasteiger partial charge in [0.15, 0.2) is 5.96 Å². The molecule has 2 aliphatic rings. The Bertz CT molecular complexity index is 382. The molecule has 2 saturated heterocycles. The Morgan fingerprint density at radius 2 is 2.00 bits per heavy atom. The predicted molar refractivity (Wildman–Crippen MR) is 105 cm³/mol. The molecule has 0 amide bonds. The molecular formula is C19H39N5O. The summed E-state index contributed by atoms with van der Waals surface area (Å²) in [4.78, 5) is 9.92. The molecule has 2 rings (SSSR count). The third-order valence-electron chi connectivity index (χ3n) is 5.18. The largest absolute Gasteiger partial charge is 0.379 e. The van der Waals surface area contributed by atoms with Crippen molar-refractivity contribution in [1.29, 1.82) is 0 Å². The molecule has 2 N–H and O–H groups in total. The van der Waals surface area contributed by atoms with Crippen LogP contribution < -0.4 is 10.6 Å². The highest BCUT2D eigenvalue weighted by Crippen LogP contribution is 2.18. The van der Waals surface area contributed by atoms with E-state index in [4.69, 9.17) is 9.73 Å². The second-order valence-electron chi connectivity index (χ2n) is 7.55. The van der Waals surface area contributed by atoms with Gasteiger partial charge in [0.05, 0.1) is 13.2 Å². The van der Waals surface area contributed by atoms with Crippen LogP contribution in [0.15, 0.2) is 4.99 Å². The maximum atomic E-state index is 5.40. The van der Waals surface area contributed by atoms with Crippen molar-refractivity contribution in [1.82, 2.24) is 20.4 Å². The Hall–Kier alpha value is -0.850. The lowest BCUT2D eigenvalue weighted by atomic mass is 9.97. The smallest absolute Gasteiger partial charge is 0.191 e. The standard InChI is InChI=1S/C19H39N5O/c1-4-20-19(21-8-6-9-23-11-13-25-14-12-23)22-15-18-7-5-10-24(16-18)17(2)3/h17-18H,4-16H2,1-3H3,(H2,20,21,22). The van der Waals surface area contributed by atoms with E-state index in [0.717, 1.165) is 64.9 Å². The number of hydrogen-bond acceptors (Lipinski definition) is 4. The fraction of sp³-hybridized carbons (Fsp3) is 0.947. The van der Waals surface area contributed by atoms with E-state index in [2.05, 4.69) is 41.2 Å². The number of ether oxygens (including phenoxy) is 1. The number of nitrogens with one attached hydrogen (secondary N) is 2. The number of nitrogens with zero attached hydrogens (tertiary/aromatic N) is 3. The first kappa shape index (κ1) is 20.5. The second-order valence-corrected chi connectivity index (χ2v) is 7.55. The Labute approximate surface area is 154 Å². The predicted octanol–water partition coefficient (Wildman–Crippen LogP) is 1.38. The van der Waals surface area contributed by atoms with E-state index in [0.29, 0.717) is 12.0 Å². The van der Waals surface area contributed by atoms with Crippen molar-refractivity contribution in [3.8, 4) is 0 Å². The summed E-state index contributed by atoms with van der Waals surface area (Å²) < 4.78 is 5.40. The molecule has 0 radical (unpaired) electrons. The number of aliphatic imine (C=N–C) groups is 1. The highest BCUT2D eigenvalue weighted by atomic mass is 16.5. The van der Waals surface area contributed by atoms with Crippen LogP contribution >= 0.6 is 0 Å². The van der Waals surface area contributed by atoms with E-state index in [1.54, 1.807) is 0 Å². The van der Waals surface area contributed by atoms with Gasteiger partial charge >= 0.3 is 0 Å². The van der Waals surface area contributed by atoms with Crippen LogP contribution in [0.5, 0.6) is 0 Å². The molecule has 146 valence electrons. The van der Waals surface area contributed by atoms with Crippen molar-refractivity contribution in [3.63, 3.8) is 0 Å². The van der Waals surface area contributed by atoms with E-state index >= 15 is 0 Å². The van der Waals surface area contributed by atoms with Crippen LogP contribution in [-0.4, -0.2) is 87.4 Å². The van der Waals surface area contributed by atoms with Gasteiger partial charge in [0, 0.05) is 45.3 Å². The summed E-state index contributed by atoms with van der Waals surface area (Å²) in [5, 5.41) is 6.89. The number of likely N-dealkylation sites (tertiary alicyclic amines) is 1. The lowest BCUT2D eigenvalue weighted by molar-refractivity contribution is 0.0376. The molecule has 0 aromatic carbocycles. The first-order valence-electron chi connectivity index (χ1n) is 10.3. The molecule has 0 aliphatic carbocycles. The average molecular weight is 354 g/mol. The average Bonchev–Trinajstić information content (AvgIpc) is 2.64. The van der Waals surface area contributed by atoms with Crippen molar-refractivity contribution < 1.29 is 4.74 Å². The van der Waals surface area contributed by atoms with Gasteiger partial charge in [0.25, 0.3) is 0 Å². The number of hydrogen-bond donors (Lipinski definition) is 2. The molecular weight excluding hydrogens is 314 g/mol. The molecule has 1 unspecified atom stereocenters. The van der Waals surface area contributed by atoms with Gasteiger partial charge in [0.2, 0.25) is 0 Å². The monoisotopic (exact) mass is 353 g/mol. The van der Waals surface area contributed by atoms with E-state index in [9.17, 15) is 0 Å². The summed E-state index contributed by atoms with van der Waals surface area (Å²) in [5.74, 6) is 1.67. The Kier molecular flexibility index (Phi) is 9.58. The maximum Gasteiger partial charge on any atom is 0.191 e. The highest BCUT2D eigenvalue weighted by molar-refractivity contribution is 5.79. The summed E-state index contributed by atoms with van der Waals surface area (Å²) in [7, 11) is 0. The Morgan fingerprint density at radius 1 is 1.20 bits per heavy atom. The fourth-order valence-electron chi connectivity index (χ4n) is 3.61. The van der Waals surface area contributed by atoms with Crippen LogP contribution in [0.4, 0.5) is 0 Å². The number of rotatable bonds is 8. The normalized spacial score (nSPS) is 23.8. The van der Waals surface area contributed by atoms with Crippen LogP contribution in [0.1, 0.15) is 40.0 Å². The summed E-state index contributed by atoms with van der Waals surface area (Å²) in [6.07, 6.45) is 3.76. The van der Waals surface area contributed by atoms with Crippen LogP contribution in [0.25, 0.3) is 0 Å². The number of morpholine rings is 1. The van der Waals surface area contributed by atoms with Gasteiger partial charge in [-0.3, -0.25) is 9.89 Å². The minimum Gasteiger partial charge on any atom is -0.379 e. The molecule has 0 aromatic heterocycles.